The summed E-state index contributed by atoms with van der Waals surface area (Å²) in [5.41, 5.74) is 1.74. The third-order valence-electron chi connectivity index (χ3n) is 3.31. The molecule has 0 fully saturated rings. The number of hydrogen-bond acceptors (Lipinski definition) is 5. The Morgan fingerprint density at radius 2 is 1.80 bits per heavy atom. The lowest BCUT2D eigenvalue weighted by Crippen LogP contribution is -2.28. The molecule has 0 aromatic heterocycles. The van der Waals surface area contributed by atoms with Gasteiger partial charge in [0.15, 0.2) is 6.61 Å². The molecule has 0 spiro atoms. The van der Waals surface area contributed by atoms with Crippen molar-refractivity contribution < 1.29 is 19.4 Å². The highest BCUT2D eigenvalue weighted by molar-refractivity contribution is 6.30. The SMILES string of the molecule is O=C(COC(=O)c1ccccc1NCCO)NCc1ccc(Cl)cc1. The Morgan fingerprint density at radius 3 is 2.52 bits per heavy atom. The number of nitrogens with one attached hydrogen (secondary N) is 2. The summed E-state index contributed by atoms with van der Waals surface area (Å²) in [5, 5.41) is 15.1. The van der Waals surface area contributed by atoms with Crippen LogP contribution in [0.25, 0.3) is 0 Å². The molecular formula is C18H19ClN2O4. The third-order valence-corrected chi connectivity index (χ3v) is 3.56. The minimum absolute atomic E-state index is 0.0590. The topological polar surface area (TPSA) is 87.7 Å². The molecule has 0 saturated heterocycles. The molecule has 0 radical (unpaired) electrons. The maximum Gasteiger partial charge on any atom is 0.340 e. The first-order valence-electron chi connectivity index (χ1n) is 7.72. The maximum atomic E-state index is 12.1. The van der Waals surface area contributed by atoms with Crippen LogP contribution in [0.2, 0.25) is 5.02 Å². The minimum atomic E-state index is -0.609. The summed E-state index contributed by atoms with van der Waals surface area (Å²) in [5.74, 6) is -1.01. The van der Waals surface area contributed by atoms with Gasteiger partial charge in [-0.05, 0) is 29.8 Å². The second-order valence-corrected chi connectivity index (χ2v) is 5.61. The van der Waals surface area contributed by atoms with Gasteiger partial charge in [-0.15, -0.1) is 0 Å². The number of halogens is 1. The number of amides is 1. The van der Waals surface area contributed by atoms with Crippen LogP contribution in [0.4, 0.5) is 5.69 Å². The Morgan fingerprint density at radius 1 is 1.08 bits per heavy atom. The Hall–Kier alpha value is -2.57. The molecule has 132 valence electrons. The number of benzene rings is 2. The zero-order valence-electron chi connectivity index (χ0n) is 13.5. The molecule has 2 aromatic rings. The monoisotopic (exact) mass is 362 g/mol. The van der Waals surface area contributed by atoms with Crippen molar-refractivity contribution in [2.24, 2.45) is 0 Å². The van der Waals surface area contributed by atoms with Crippen molar-refractivity contribution in [1.29, 1.82) is 0 Å². The summed E-state index contributed by atoms with van der Waals surface area (Å²) < 4.78 is 5.04. The van der Waals surface area contributed by atoms with Crippen LogP contribution in [-0.4, -0.2) is 36.7 Å². The van der Waals surface area contributed by atoms with Gasteiger partial charge >= 0.3 is 5.97 Å². The smallest absolute Gasteiger partial charge is 0.340 e. The molecule has 0 unspecified atom stereocenters. The van der Waals surface area contributed by atoms with E-state index in [1.165, 1.54) is 0 Å². The molecule has 0 aliphatic rings. The van der Waals surface area contributed by atoms with Crippen LogP contribution in [0.15, 0.2) is 48.5 Å². The molecular weight excluding hydrogens is 344 g/mol. The van der Waals surface area contributed by atoms with Crippen molar-refractivity contribution in [3.05, 3.63) is 64.7 Å². The van der Waals surface area contributed by atoms with Gasteiger partial charge in [0.25, 0.3) is 5.91 Å². The molecule has 0 bridgehead atoms. The predicted molar refractivity (Wildman–Crippen MR) is 95.6 cm³/mol. The average Bonchev–Trinajstić information content (AvgIpc) is 2.64. The summed E-state index contributed by atoms with van der Waals surface area (Å²) in [7, 11) is 0. The van der Waals surface area contributed by atoms with E-state index in [-0.39, 0.29) is 13.2 Å². The van der Waals surface area contributed by atoms with E-state index in [4.69, 9.17) is 21.4 Å². The first-order valence-corrected chi connectivity index (χ1v) is 8.10. The second-order valence-electron chi connectivity index (χ2n) is 5.18. The van der Waals surface area contributed by atoms with Crippen LogP contribution in [0.3, 0.4) is 0 Å². The van der Waals surface area contributed by atoms with E-state index < -0.39 is 11.9 Å². The van der Waals surface area contributed by atoms with Crippen LogP contribution < -0.4 is 10.6 Å². The molecule has 1 amide bonds. The van der Waals surface area contributed by atoms with E-state index in [0.29, 0.717) is 29.4 Å². The second kappa shape index (κ2) is 9.66. The maximum absolute atomic E-state index is 12.1. The molecule has 2 aromatic carbocycles. The average molecular weight is 363 g/mol. The summed E-state index contributed by atoms with van der Waals surface area (Å²) in [6.45, 7) is 0.200. The first kappa shape index (κ1) is 18.8. The molecule has 0 aliphatic heterocycles. The van der Waals surface area contributed by atoms with Crippen molar-refractivity contribution >= 4 is 29.2 Å². The van der Waals surface area contributed by atoms with Gasteiger partial charge in [0, 0.05) is 23.8 Å². The molecule has 0 saturated carbocycles. The number of hydrogen-bond donors (Lipinski definition) is 3. The molecule has 3 N–H and O–H groups in total. The normalized spacial score (nSPS) is 10.2. The molecule has 6 nitrogen and oxygen atoms in total. The van der Waals surface area contributed by atoms with Crippen LogP contribution in [0.5, 0.6) is 0 Å². The van der Waals surface area contributed by atoms with Crippen molar-refractivity contribution in [1.82, 2.24) is 5.32 Å². The quantitative estimate of drug-likeness (QED) is 0.627. The van der Waals surface area contributed by atoms with E-state index >= 15 is 0 Å². The highest BCUT2D eigenvalue weighted by Crippen LogP contribution is 2.15. The summed E-state index contributed by atoms with van der Waals surface area (Å²) >= 11 is 5.80. The van der Waals surface area contributed by atoms with Crippen molar-refractivity contribution in [3.8, 4) is 0 Å². The fraction of sp³-hybridized carbons (Fsp3) is 0.222. The minimum Gasteiger partial charge on any atom is -0.452 e. The van der Waals surface area contributed by atoms with Crippen molar-refractivity contribution in [2.45, 2.75) is 6.54 Å². The Labute approximate surface area is 150 Å². The lowest BCUT2D eigenvalue weighted by molar-refractivity contribution is -0.124. The number of ether oxygens (including phenoxy) is 1. The number of rotatable bonds is 8. The number of carbonyl (C=O) groups is 2. The summed E-state index contributed by atoms with van der Waals surface area (Å²) in [6.07, 6.45) is 0. The van der Waals surface area contributed by atoms with Gasteiger partial charge in [-0.3, -0.25) is 4.79 Å². The number of aliphatic hydroxyl groups is 1. The molecule has 25 heavy (non-hydrogen) atoms. The fourth-order valence-electron chi connectivity index (χ4n) is 2.07. The third kappa shape index (κ3) is 6.10. The van der Waals surface area contributed by atoms with Gasteiger partial charge in [0.2, 0.25) is 0 Å². The van der Waals surface area contributed by atoms with Crippen LogP contribution in [0, 0.1) is 0 Å². The molecule has 7 heteroatoms. The van der Waals surface area contributed by atoms with E-state index in [1.54, 1.807) is 48.5 Å². The largest absolute Gasteiger partial charge is 0.452 e. The van der Waals surface area contributed by atoms with Gasteiger partial charge < -0.3 is 20.5 Å². The number of aliphatic hydroxyl groups excluding tert-OH is 1. The molecule has 0 aliphatic carbocycles. The Balaban J connectivity index is 1.83. The lowest BCUT2D eigenvalue weighted by atomic mass is 10.2. The molecule has 0 atom stereocenters. The zero-order valence-corrected chi connectivity index (χ0v) is 14.3. The van der Waals surface area contributed by atoms with Crippen molar-refractivity contribution in [3.63, 3.8) is 0 Å². The predicted octanol–water partition coefficient (Wildman–Crippen LogP) is 2.22. The number of esters is 1. The van der Waals surface area contributed by atoms with Gasteiger partial charge in [0.05, 0.1) is 12.2 Å². The highest BCUT2D eigenvalue weighted by atomic mass is 35.5. The van der Waals surface area contributed by atoms with E-state index in [0.717, 1.165) is 5.56 Å². The van der Waals surface area contributed by atoms with Crippen LogP contribution >= 0.6 is 11.6 Å². The number of anilines is 1. The van der Waals surface area contributed by atoms with E-state index in [2.05, 4.69) is 10.6 Å². The van der Waals surface area contributed by atoms with Gasteiger partial charge in [-0.2, -0.15) is 0 Å². The standard InChI is InChI=1S/C18H19ClN2O4/c19-14-7-5-13(6-8-14)11-21-17(23)12-25-18(24)15-3-1-2-4-16(15)20-9-10-22/h1-8,20,22H,9-12H2,(H,21,23). The van der Waals surface area contributed by atoms with E-state index in [9.17, 15) is 9.59 Å². The zero-order chi connectivity index (χ0) is 18.1. The van der Waals surface area contributed by atoms with Gasteiger partial charge in [0.1, 0.15) is 0 Å². The number of carbonyl (C=O) groups excluding carboxylic acids is 2. The fourth-order valence-corrected chi connectivity index (χ4v) is 2.19. The Bertz CT molecular complexity index is 719. The first-order chi connectivity index (χ1) is 12.1. The molecule has 2 rings (SSSR count). The Kier molecular flexibility index (Phi) is 7.25. The van der Waals surface area contributed by atoms with Crippen molar-refractivity contribution in [2.75, 3.05) is 25.1 Å². The summed E-state index contributed by atoms with van der Waals surface area (Å²) in [4.78, 5) is 23.9. The van der Waals surface area contributed by atoms with Crippen LogP contribution in [-0.2, 0) is 16.1 Å². The van der Waals surface area contributed by atoms with Crippen LogP contribution in [0.1, 0.15) is 15.9 Å². The number of para-hydroxylation sites is 1. The lowest BCUT2D eigenvalue weighted by Gasteiger charge is -2.11. The van der Waals surface area contributed by atoms with Gasteiger partial charge in [-0.1, -0.05) is 35.9 Å². The summed E-state index contributed by atoms with van der Waals surface area (Å²) in [6, 6.07) is 13.8. The van der Waals surface area contributed by atoms with E-state index in [1.807, 2.05) is 0 Å². The molecule has 0 heterocycles. The van der Waals surface area contributed by atoms with Gasteiger partial charge in [-0.25, -0.2) is 4.79 Å². The highest BCUT2D eigenvalue weighted by Gasteiger charge is 2.14.